The van der Waals surface area contributed by atoms with E-state index in [1.54, 1.807) is 7.11 Å². The predicted molar refractivity (Wildman–Crippen MR) is 78.3 cm³/mol. The van der Waals surface area contributed by atoms with Gasteiger partial charge in [-0.1, -0.05) is 30.3 Å². The highest BCUT2D eigenvalue weighted by molar-refractivity contribution is 7.13. The standard InChI is InChI=1S/C14H17N3O2S/c1-19-9-11-13(14(18)17-15)20-12(16-11)8-7-10-5-3-2-4-6-10/h2-6H,7-9,15H2,1H3,(H,17,18). The largest absolute Gasteiger partial charge is 0.378 e. The number of carbonyl (C=O) groups is 1. The summed E-state index contributed by atoms with van der Waals surface area (Å²) >= 11 is 1.37. The SMILES string of the molecule is COCc1nc(CCc2ccccc2)sc1C(=O)NN. The minimum Gasteiger partial charge on any atom is -0.378 e. The van der Waals surface area contributed by atoms with Gasteiger partial charge in [0.25, 0.3) is 5.91 Å². The Morgan fingerprint density at radius 3 is 2.75 bits per heavy atom. The Bertz CT molecular complexity index is 569. The van der Waals surface area contributed by atoms with Crippen molar-refractivity contribution in [3.8, 4) is 0 Å². The van der Waals surface area contributed by atoms with Gasteiger partial charge in [0.15, 0.2) is 0 Å². The highest BCUT2D eigenvalue weighted by Crippen LogP contribution is 2.21. The predicted octanol–water partition coefficient (Wildman–Crippen LogP) is 1.68. The summed E-state index contributed by atoms with van der Waals surface area (Å²) in [6, 6.07) is 10.2. The molecule has 3 N–H and O–H groups in total. The molecule has 0 aliphatic heterocycles. The molecule has 2 rings (SSSR count). The zero-order valence-corrected chi connectivity index (χ0v) is 12.1. The van der Waals surface area contributed by atoms with Crippen molar-refractivity contribution in [2.45, 2.75) is 19.4 Å². The van der Waals surface area contributed by atoms with Crippen LogP contribution in [-0.4, -0.2) is 18.0 Å². The fourth-order valence-electron chi connectivity index (χ4n) is 1.88. The van der Waals surface area contributed by atoms with E-state index < -0.39 is 0 Å². The maximum Gasteiger partial charge on any atom is 0.277 e. The van der Waals surface area contributed by atoms with E-state index >= 15 is 0 Å². The molecule has 0 aliphatic carbocycles. The highest BCUT2D eigenvalue weighted by atomic mass is 32.1. The van der Waals surface area contributed by atoms with Gasteiger partial charge in [0.05, 0.1) is 17.3 Å². The fraction of sp³-hybridized carbons (Fsp3) is 0.286. The minimum atomic E-state index is -0.319. The Morgan fingerprint density at radius 2 is 2.10 bits per heavy atom. The van der Waals surface area contributed by atoms with E-state index in [1.165, 1.54) is 16.9 Å². The molecule has 0 fully saturated rings. The van der Waals surface area contributed by atoms with Crippen LogP contribution in [0.3, 0.4) is 0 Å². The number of thiazole rings is 1. The summed E-state index contributed by atoms with van der Waals surface area (Å²) in [6.07, 6.45) is 1.69. The van der Waals surface area contributed by atoms with Crippen molar-refractivity contribution in [3.63, 3.8) is 0 Å². The molecule has 0 saturated carbocycles. The maximum atomic E-state index is 11.7. The number of amides is 1. The topological polar surface area (TPSA) is 77.2 Å². The van der Waals surface area contributed by atoms with Crippen LogP contribution in [0.25, 0.3) is 0 Å². The van der Waals surface area contributed by atoms with Crippen LogP contribution in [-0.2, 0) is 24.2 Å². The van der Waals surface area contributed by atoms with Crippen LogP contribution in [0, 0.1) is 0 Å². The number of aryl methyl sites for hydroxylation is 2. The first-order chi connectivity index (χ1) is 9.74. The Balaban J connectivity index is 2.10. The summed E-state index contributed by atoms with van der Waals surface area (Å²) in [5, 5.41) is 0.916. The van der Waals surface area contributed by atoms with Gasteiger partial charge in [-0.3, -0.25) is 10.2 Å². The van der Waals surface area contributed by atoms with Gasteiger partial charge < -0.3 is 4.74 Å². The van der Waals surface area contributed by atoms with E-state index in [2.05, 4.69) is 22.5 Å². The number of hydrogen-bond donors (Lipinski definition) is 2. The van der Waals surface area contributed by atoms with Crippen LogP contribution in [0.2, 0.25) is 0 Å². The van der Waals surface area contributed by atoms with E-state index in [4.69, 9.17) is 10.6 Å². The summed E-state index contributed by atoms with van der Waals surface area (Å²) in [4.78, 5) is 16.7. The van der Waals surface area contributed by atoms with E-state index in [-0.39, 0.29) is 5.91 Å². The lowest BCUT2D eigenvalue weighted by Crippen LogP contribution is -2.30. The van der Waals surface area contributed by atoms with Crippen LogP contribution in [0.5, 0.6) is 0 Å². The molecule has 1 amide bonds. The molecule has 106 valence electrons. The van der Waals surface area contributed by atoms with Crippen molar-refractivity contribution in [3.05, 3.63) is 51.5 Å². The lowest BCUT2D eigenvalue weighted by Gasteiger charge is -1.98. The molecule has 0 bridgehead atoms. The van der Waals surface area contributed by atoms with Gasteiger partial charge in [0, 0.05) is 13.5 Å². The van der Waals surface area contributed by atoms with Gasteiger partial charge in [0.1, 0.15) is 4.88 Å². The number of nitrogens with one attached hydrogen (secondary N) is 1. The third-order valence-electron chi connectivity index (χ3n) is 2.83. The number of ether oxygens (including phenoxy) is 1. The van der Waals surface area contributed by atoms with Crippen LogP contribution in [0.4, 0.5) is 0 Å². The van der Waals surface area contributed by atoms with Crippen molar-refractivity contribution in [2.75, 3.05) is 7.11 Å². The third kappa shape index (κ3) is 3.63. The zero-order chi connectivity index (χ0) is 14.4. The summed E-state index contributed by atoms with van der Waals surface area (Å²) in [6.45, 7) is 0.310. The second-order valence-electron chi connectivity index (χ2n) is 4.28. The average molecular weight is 291 g/mol. The number of hydrogen-bond acceptors (Lipinski definition) is 5. The average Bonchev–Trinajstić information content (AvgIpc) is 2.89. The van der Waals surface area contributed by atoms with Gasteiger partial charge in [-0.25, -0.2) is 10.8 Å². The van der Waals surface area contributed by atoms with Gasteiger partial charge in [0.2, 0.25) is 0 Å². The number of benzene rings is 1. The molecule has 0 radical (unpaired) electrons. The van der Waals surface area contributed by atoms with Crippen molar-refractivity contribution in [1.82, 2.24) is 10.4 Å². The van der Waals surface area contributed by atoms with E-state index in [0.29, 0.717) is 17.2 Å². The maximum absolute atomic E-state index is 11.7. The molecule has 5 nitrogen and oxygen atoms in total. The lowest BCUT2D eigenvalue weighted by atomic mass is 10.1. The quantitative estimate of drug-likeness (QED) is 0.482. The van der Waals surface area contributed by atoms with Crippen molar-refractivity contribution in [1.29, 1.82) is 0 Å². The van der Waals surface area contributed by atoms with Crippen molar-refractivity contribution < 1.29 is 9.53 Å². The molecule has 1 aromatic carbocycles. The summed E-state index contributed by atoms with van der Waals surface area (Å²) in [5.74, 6) is 4.86. The fourth-order valence-corrected chi connectivity index (χ4v) is 2.85. The molecule has 0 spiro atoms. The van der Waals surface area contributed by atoms with Gasteiger partial charge in [-0.05, 0) is 12.0 Å². The third-order valence-corrected chi connectivity index (χ3v) is 3.99. The molecular weight excluding hydrogens is 274 g/mol. The van der Waals surface area contributed by atoms with Gasteiger partial charge in [-0.2, -0.15) is 0 Å². The first kappa shape index (κ1) is 14.6. The molecule has 1 heterocycles. The van der Waals surface area contributed by atoms with Crippen LogP contribution >= 0.6 is 11.3 Å². The number of nitrogens with zero attached hydrogens (tertiary/aromatic N) is 1. The molecule has 6 heteroatoms. The molecule has 0 aliphatic rings. The van der Waals surface area contributed by atoms with Crippen LogP contribution in [0.15, 0.2) is 30.3 Å². The smallest absolute Gasteiger partial charge is 0.277 e. The Hall–Kier alpha value is -1.76. The summed E-state index contributed by atoms with van der Waals surface area (Å²) < 4.78 is 5.06. The monoisotopic (exact) mass is 291 g/mol. The Morgan fingerprint density at radius 1 is 1.35 bits per heavy atom. The minimum absolute atomic E-state index is 0.310. The molecule has 1 aromatic heterocycles. The normalized spacial score (nSPS) is 10.5. The summed E-state index contributed by atoms with van der Waals surface area (Å²) in [5.41, 5.74) is 4.04. The Labute approximate surface area is 121 Å². The molecule has 0 saturated heterocycles. The summed E-state index contributed by atoms with van der Waals surface area (Å²) in [7, 11) is 1.58. The first-order valence-electron chi connectivity index (χ1n) is 6.27. The van der Waals surface area contributed by atoms with Gasteiger partial charge in [-0.15, -0.1) is 11.3 Å². The Kier molecular flexibility index (Phi) is 5.23. The van der Waals surface area contributed by atoms with Crippen LogP contribution < -0.4 is 11.3 Å². The number of nitrogen functional groups attached to an aromatic ring is 1. The molecule has 20 heavy (non-hydrogen) atoms. The number of hydrazine groups is 1. The second-order valence-corrected chi connectivity index (χ2v) is 5.36. The number of methoxy groups -OCH3 is 1. The first-order valence-corrected chi connectivity index (χ1v) is 7.08. The second kappa shape index (κ2) is 7.14. The molecule has 0 unspecified atom stereocenters. The van der Waals surface area contributed by atoms with Crippen molar-refractivity contribution in [2.24, 2.45) is 5.84 Å². The zero-order valence-electron chi connectivity index (χ0n) is 11.3. The van der Waals surface area contributed by atoms with E-state index in [1.807, 2.05) is 18.2 Å². The van der Waals surface area contributed by atoms with E-state index in [9.17, 15) is 4.79 Å². The van der Waals surface area contributed by atoms with Gasteiger partial charge >= 0.3 is 0 Å². The number of nitrogens with two attached hydrogens (primary N) is 1. The molecular formula is C14H17N3O2S. The highest BCUT2D eigenvalue weighted by Gasteiger charge is 2.17. The number of carbonyl (C=O) groups excluding carboxylic acids is 1. The molecule has 0 atom stereocenters. The van der Waals surface area contributed by atoms with Crippen LogP contribution in [0.1, 0.15) is 25.9 Å². The van der Waals surface area contributed by atoms with Crippen molar-refractivity contribution >= 4 is 17.2 Å². The lowest BCUT2D eigenvalue weighted by molar-refractivity contribution is 0.0952. The molecule has 2 aromatic rings. The van der Waals surface area contributed by atoms with E-state index in [0.717, 1.165) is 17.8 Å². The number of rotatable bonds is 6. The number of aromatic nitrogens is 1.